The lowest BCUT2D eigenvalue weighted by molar-refractivity contribution is -0.137. The van der Waals surface area contributed by atoms with Gasteiger partial charge in [0.25, 0.3) is 5.91 Å². The smallest absolute Gasteiger partial charge is 0.425 e. The molecule has 0 aliphatic carbocycles. The molecule has 1 saturated heterocycles. The lowest BCUT2D eigenvalue weighted by Gasteiger charge is -2.34. The van der Waals surface area contributed by atoms with Crippen LogP contribution in [0.4, 0.5) is 52.5 Å². The molecule has 16 heteroatoms. The Balaban J connectivity index is 1.28. The van der Waals surface area contributed by atoms with Crippen LogP contribution in [0.1, 0.15) is 15.9 Å². The van der Waals surface area contributed by atoms with Crippen LogP contribution < -0.4 is 39.4 Å². The van der Waals surface area contributed by atoms with E-state index in [1.165, 1.54) is 63.9 Å². The van der Waals surface area contributed by atoms with Gasteiger partial charge >= 0.3 is 12.3 Å². The van der Waals surface area contributed by atoms with E-state index < -0.39 is 23.7 Å². The minimum atomic E-state index is -4.60. The second kappa shape index (κ2) is 16.6. The highest BCUT2D eigenvalue weighted by Crippen LogP contribution is 2.38. The van der Waals surface area contributed by atoms with Crippen molar-refractivity contribution in [3.05, 3.63) is 108 Å². The molecule has 0 saturated carbocycles. The quantitative estimate of drug-likeness (QED) is 0.138. The summed E-state index contributed by atoms with van der Waals surface area (Å²) >= 11 is 0. The number of carbonyl (C=O) groups is 2. The first-order chi connectivity index (χ1) is 26.4. The summed E-state index contributed by atoms with van der Waals surface area (Å²) in [5.41, 5.74) is 0.987. The maximum atomic E-state index is 14.2. The standard InChI is InChI=1S/C39H38F3N7O6/c1-47-16-18-48(19-17-47)29-10-8-27(9-11-29)45-37-43-15-14-35(46-37)49(33-13-12-30(52-2)24-34(33)54-4)38(51)55-32-21-25(20-31(23-32)53-3)36(50)44-28-7-5-6-26(22-28)39(40,41)42/h5-15,20-24H,16-19H2,1-4H3,(H,44,50)(H,43,45,46). The zero-order valence-corrected chi connectivity index (χ0v) is 30.4. The minimum Gasteiger partial charge on any atom is -0.497 e. The number of halogens is 3. The molecule has 1 aliphatic rings. The van der Waals surface area contributed by atoms with Crippen LogP contribution in [0.5, 0.6) is 23.0 Å². The summed E-state index contributed by atoms with van der Waals surface area (Å²) in [4.78, 5) is 42.2. The average Bonchev–Trinajstić information content (AvgIpc) is 3.18. The number of alkyl halides is 3. The number of carbonyl (C=O) groups excluding carboxylic acids is 2. The van der Waals surface area contributed by atoms with Crippen LogP contribution in [-0.4, -0.2) is 81.4 Å². The summed E-state index contributed by atoms with van der Waals surface area (Å²) in [6, 6.07) is 22.4. The van der Waals surface area contributed by atoms with Crippen LogP contribution in [0, 0.1) is 0 Å². The zero-order valence-electron chi connectivity index (χ0n) is 30.4. The number of nitrogens with zero attached hydrogens (tertiary/aromatic N) is 5. The van der Waals surface area contributed by atoms with Crippen molar-refractivity contribution in [1.29, 1.82) is 0 Å². The second-order valence-corrected chi connectivity index (χ2v) is 12.4. The Morgan fingerprint density at radius 1 is 0.782 bits per heavy atom. The van der Waals surface area contributed by atoms with E-state index in [-0.39, 0.29) is 46.0 Å². The molecule has 0 radical (unpaired) electrons. The molecule has 2 N–H and O–H groups in total. The Morgan fingerprint density at radius 3 is 2.20 bits per heavy atom. The summed E-state index contributed by atoms with van der Waals surface area (Å²) in [5.74, 6) is 0.255. The lowest BCUT2D eigenvalue weighted by Crippen LogP contribution is -2.44. The van der Waals surface area contributed by atoms with E-state index in [1.807, 2.05) is 24.3 Å². The van der Waals surface area contributed by atoms with Gasteiger partial charge in [0.15, 0.2) is 0 Å². The van der Waals surface area contributed by atoms with Gasteiger partial charge in [-0.15, -0.1) is 0 Å². The van der Waals surface area contributed by atoms with Crippen LogP contribution in [0.25, 0.3) is 0 Å². The molecule has 1 fully saturated rings. The number of methoxy groups -OCH3 is 3. The number of amides is 2. The highest BCUT2D eigenvalue weighted by atomic mass is 19.4. The first kappa shape index (κ1) is 38.2. The number of hydrogen-bond donors (Lipinski definition) is 2. The van der Waals surface area contributed by atoms with E-state index in [2.05, 4.69) is 37.4 Å². The topological polar surface area (TPSA) is 131 Å². The number of hydrogen-bond acceptors (Lipinski definition) is 11. The summed E-state index contributed by atoms with van der Waals surface area (Å²) in [6.45, 7) is 3.82. The van der Waals surface area contributed by atoms with Gasteiger partial charge in [-0.2, -0.15) is 18.2 Å². The van der Waals surface area contributed by atoms with E-state index in [4.69, 9.17) is 18.9 Å². The van der Waals surface area contributed by atoms with Crippen molar-refractivity contribution in [3.8, 4) is 23.0 Å². The first-order valence-corrected chi connectivity index (χ1v) is 17.0. The third kappa shape index (κ3) is 9.34. The first-order valence-electron chi connectivity index (χ1n) is 17.0. The van der Waals surface area contributed by atoms with Crippen molar-refractivity contribution in [2.24, 2.45) is 0 Å². The van der Waals surface area contributed by atoms with Gasteiger partial charge in [-0.1, -0.05) is 6.07 Å². The molecular formula is C39H38F3N7O6. The maximum Gasteiger partial charge on any atom is 0.425 e. The van der Waals surface area contributed by atoms with Gasteiger partial charge in [-0.3, -0.25) is 4.79 Å². The molecule has 1 aliphatic heterocycles. The zero-order chi connectivity index (χ0) is 39.1. The third-order valence-electron chi connectivity index (χ3n) is 8.70. The fourth-order valence-corrected chi connectivity index (χ4v) is 5.77. The molecule has 0 spiro atoms. The number of benzene rings is 4. The van der Waals surface area contributed by atoms with Crippen molar-refractivity contribution in [2.45, 2.75) is 6.18 Å². The van der Waals surface area contributed by atoms with Gasteiger partial charge in [0.05, 0.1) is 32.6 Å². The number of aromatic nitrogens is 2. The van der Waals surface area contributed by atoms with Crippen LogP contribution in [-0.2, 0) is 6.18 Å². The molecule has 286 valence electrons. The molecule has 2 amide bonds. The molecule has 2 heterocycles. The number of anilines is 6. The molecule has 5 aromatic rings. The number of piperazine rings is 1. The monoisotopic (exact) mass is 757 g/mol. The third-order valence-corrected chi connectivity index (χ3v) is 8.70. The van der Waals surface area contributed by atoms with Crippen LogP contribution in [0.15, 0.2) is 97.2 Å². The van der Waals surface area contributed by atoms with E-state index in [0.29, 0.717) is 5.75 Å². The van der Waals surface area contributed by atoms with Gasteiger partial charge in [0.2, 0.25) is 5.95 Å². The fourth-order valence-electron chi connectivity index (χ4n) is 5.77. The number of rotatable bonds is 11. The van der Waals surface area contributed by atoms with Crippen LogP contribution in [0.2, 0.25) is 0 Å². The van der Waals surface area contributed by atoms with E-state index in [1.54, 1.807) is 18.2 Å². The largest absolute Gasteiger partial charge is 0.497 e. The molecule has 1 aromatic heterocycles. The number of ether oxygens (including phenoxy) is 4. The second-order valence-electron chi connectivity index (χ2n) is 12.4. The molecule has 0 atom stereocenters. The summed E-state index contributed by atoms with van der Waals surface area (Å²) < 4.78 is 62.0. The molecule has 55 heavy (non-hydrogen) atoms. The fraction of sp³-hybridized carbons (Fsp3) is 0.231. The molecule has 13 nitrogen and oxygen atoms in total. The van der Waals surface area contributed by atoms with Crippen molar-refractivity contribution in [2.75, 3.05) is 75.0 Å². The average molecular weight is 758 g/mol. The van der Waals surface area contributed by atoms with Crippen molar-refractivity contribution in [3.63, 3.8) is 0 Å². The molecule has 0 unspecified atom stereocenters. The van der Waals surface area contributed by atoms with Crippen LogP contribution in [0.3, 0.4) is 0 Å². The molecule has 0 bridgehead atoms. The summed E-state index contributed by atoms with van der Waals surface area (Å²) in [5, 5.41) is 5.64. The minimum absolute atomic E-state index is 0.0553. The Labute approximate surface area is 315 Å². The number of likely N-dealkylation sites (N-methyl/N-ethyl adjacent to an activating group) is 1. The predicted molar refractivity (Wildman–Crippen MR) is 202 cm³/mol. The van der Waals surface area contributed by atoms with Gasteiger partial charge in [0.1, 0.15) is 28.8 Å². The van der Waals surface area contributed by atoms with E-state index >= 15 is 0 Å². The Hall–Kier alpha value is -6.55. The Morgan fingerprint density at radius 2 is 1.51 bits per heavy atom. The lowest BCUT2D eigenvalue weighted by atomic mass is 10.1. The SMILES string of the molecule is COc1cc(OC(=O)N(c2ccnc(Nc3ccc(N4CCN(C)CC4)cc3)n2)c2ccc(OC)cc2OC)cc(C(=O)Nc2cccc(C(F)(F)F)c2)c1. The molecular weight excluding hydrogens is 719 g/mol. The van der Waals surface area contributed by atoms with Crippen LogP contribution >= 0.6 is 0 Å². The molecule has 4 aromatic carbocycles. The highest BCUT2D eigenvalue weighted by Gasteiger charge is 2.31. The normalized spacial score (nSPS) is 13.1. The van der Waals surface area contributed by atoms with Gasteiger partial charge < -0.3 is 39.4 Å². The van der Waals surface area contributed by atoms with Crippen molar-refractivity contribution < 1.29 is 41.7 Å². The van der Waals surface area contributed by atoms with Gasteiger partial charge in [0, 0.05) is 73.2 Å². The van der Waals surface area contributed by atoms with Crippen molar-refractivity contribution >= 4 is 46.5 Å². The van der Waals surface area contributed by atoms with Crippen molar-refractivity contribution in [1.82, 2.24) is 14.9 Å². The van der Waals surface area contributed by atoms with E-state index in [0.717, 1.165) is 54.6 Å². The highest BCUT2D eigenvalue weighted by molar-refractivity contribution is 6.05. The Kier molecular flexibility index (Phi) is 11.5. The van der Waals surface area contributed by atoms with Gasteiger partial charge in [-0.05, 0) is 73.8 Å². The number of nitrogens with one attached hydrogen (secondary N) is 2. The Bertz CT molecular complexity index is 2140. The summed E-state index contributed by atoms with van der Waals surface area (Å²) in [7, 11) is 6.37. The maximum absolute atomic E-state index is 14.2. The predicted octanol–water partition coefficient (Wildman–Crippen LogP) is 7.61. The van der Waals surface area contributed by atoms with Gasteiger partial charge in [-0.25, -0.2) is 14.7 Å². The summed E-state index contributed by atoms with van der Waals surface area (Å²) in [6.07, 6.45) is -4.09. The van der Waals surface area contributed by atoms with E-state index in [9.17, 15) is 22.8 Å². The molecule has 6 rings (SSSR count).